The summed E-state index contributed by atoms with van der Waals surface area (Å²) in [5.74, 6) is -9.59. The predicted octanol–water partition coefficient (Wildman–Crippen LogP) is 0.963. The molecular weight excluding hydrogens is 910 g/mol. The first-order chi connectivity index (χ1) is 32.2. The third-order valence-electron chi connectivity index (χ3n) is 9.77. The van der Waals surface area contributed by atoms with Crippen LogP contribution in [0, 0.1) is 0 Å². The zero-order valence-corrected chi connectivity index (χ0v) is 37.7. The number of rotatable bonds is 19. The number of hydrogen-bond donors (Lipinski definition) is 0. The second kappa shape index (κ2) is 23.7. The van der Waals surface area contributed by atoms with E-state index >= 15 is 0 Å². The van der Waals surface area contributed by atoms with Crippen molar-refractivity contribution in [2.45, 2.75) is 123 Å². The molecule has 2 saturated heterocycles. The Morgan fingerprint density at radius 3 is 1.44 bits per heavy atom. The number of imide groups is 1. The van der Waals surface area contributed by atoms with Gasteiger partial charge in [-0.05, 0) is 17.7 Å². The van der Waals surface area contributed by atoms with Crippen LogP contribution < -0.4 is 0 Å². The molecule has 0 bridgehead atoms. The standard InChI is InChI=1S/C44H49NO23/c1-21(46)56-18-31-34(60-23(3)48)36(61-24(4)49)39(64-27(7)52)44(66-31)67-35-32(19-57-22(2)47)65-43(38(63-26(6)51)37(35)62-25(5)50)59-20-33(42(55)58-17-28-13-9-8-10-14-28)68-45-40(53)29-15-11-12-16-30(29)41(45)54/h8-16,31-39,43-44H,17-20H2,1-7H3/t31-,32-,33-,34-,35-,36+,37+,38-,39-,43-,44-/m1/s1. The molecule has 24 heteroatoms. The number of hydrogen-bond acceptors (Lipinski definition) is 23. The molecule has 3 aliphatic heterocycles. The minimum atomic E-state index is -1.95. The second-order valence-corrected chi connectivity index (χ2v) is 15.1. The molecule has 11 atom stereocenters. The fourth-order valence-electron chi connectivity index (χ4n) is 7.14. The summed E-state index contributed by atoms with van der Waals surface area (Å²) in [5, 5.41) is 0.344. The van der Waals surface area contributed by atoms with Crippen LogP contribution in [0.5, 0.6) is 0 Å². The molecule has 3 aliphatic rings. The number of fused-ring (bicyclic) bond motifs is 1. The first kappa shape index (κ1) is 52.1. The summed E-state index contributed by atoms with van der Waals surface area (Å²) >= 11 is 0. The minimum Gasteiger partial charge on any atom is -0.463 e. The van der Waals surface area contributed by atoms with Crippen molar-refractivity contribution in [3.05, 3.63) is 71.3 Å². The molecule has 2 amide bonds. The van der Waals surface area contributed by atoms with Gasteiger partial charge in [-0.3, -0.25) is 43.2 Å². The van der Waals surface area contributed by atoms with E-state index in [2.05, 4.69) is 0 Å². The molecule has 3 heterocycles. The summed E-state index contributed by atoms with van der Waals surface area (Å²) in [6, 6.07) is 14.2. The Morgan fingerprint density at radius 2 is 0.941 bits per heavy atom. The quantitative estimate of drug-likeness (QED) is 0.108. The zero-order chi connectivity index (χ0) is 49.8. The lowest BCUT2D eigenvalue weighted by Crippen LogP contribution is -2.67. The average molecular weight is 960 g/mol. The molecule has 0 N–H and O–H groups in total. The third-order valence-corrected chi connectivity index (χ3v) is 9.77. The van der Waals surface area contributed by atoms with Gasteiger partial charge in [-0.1, -0.05) is 42.5 Å². The lowest BCUT2D eigenvalue weighted by atomic mass is 9.96. The van der Waals surface area contributed by atoms with Crippen molar-refractivity contribution in [2.75, 3.05) is 19.8 Å². The number of nitrogens with zero attached hydrogens (tertiary/aromatic N) is 1. The maximum Gasteiger partial charge on any atom is 0.340 e. The molecule has 0 aliphatic carbocycles. The molecule has 5 rings (SSSR count). The SMILES string of the molecule is CC(=O)OC[C@H]1O[C@H](O[C@H]2[C@H](OC(C)=O)[C@@H](OC(C)=O)[C@H](OC[C@@H](ON3C(=O)c4ccccc4C3=O)C(=O)OCc3ccccc3)O[C@@H]2COC(C)=O)[C@H](OC(C)=O)[C@@H](OC(C)=O)[C@@H]1OC(C)=O. The monoisotopic (exact) mass is 959 g/mol. The first-order valence-corrected chi connectivity index (χ1v) is 20.8. The highest BCUT2D eigenvalue weighted by Crippen LogP contribution is 2.36. The molecule has 68 heavy (non-hydrogen) atoms. The third kappa shape index (κ3) is 13.9. The summed E-state index contributed by atoms with van der Waals surface area (Å²) < 4.78 is 68.2. The average Bonchev–Trinajstić information content (AvgIpc) is 3.50. The molecule has 0 spiro atoms. The molecule has 0 saturated carbocycles. The van der Waals surface area contributed by atoms with E-state index in [9.17, 15) is 47.9 Å². The molecule has 2 fully saturated rings. The molecular formula is C44H49NO23. The van der Waals surface area contributed by atoms with Gasteiger partial charge < -0.3 is 56.8 Å². The van der Waals surface area contributed by atoms with Crippen molar-refractivity contribution in [3.8, 4) is 0 Å². The topological polar surface area (TPSA) is 294 Å². The fraction of sp³-hybridized carbons (Fsp3) is 0.500. The minimum absolute atomic E-state index is 0.0272. The van der Waals surface area contributed by atoms with E-state index in [0.717, 1.165) is 48.5 Å². The summed E-state index contributed by atoms with van der Waals surface area (Å²) in [7, 11) is 0. The van der Waals surface area contributed by atoms with Crippen LogP contribution in [0.2, 0.25) is 0 Å². The van der Waals surface area contributed by atoms with E-state index in [1.54, 1.807) is 30.3 Å². The van der Waals surface area contributed by atoms with Crippen molar-refractivity contribution >= 4 is 59.6 Å². The number of ether oxygens (including phenoxy) is 12. The maximum absolute atomic E-state index is 13.8. The highest BCUT2D eigenvalue weighted by molar-refractivity contribution is 6.20. The van der Waals surface area contributed by atoms with Gasteiger partial charge in [-0.2, -0.15) is 0 Å². The molecule has 0 aromatic heterocycles. The molecule has 24 nitrogen and oxygen atoms in total. The van der Waals surface area contributed by atoms with Gasteiger partial charge in [-0.25, -0.2) is 9.63 Å². The second-order valence-electron chi connectivity index (χ2n) is 15.1. The summed E-state index contributed by atoms with van der Waals surface area (Å²) in [6.45, 7) is 4.39. The zero-order valence-electron chi connectivity index (χ0n) is 37.7. The molecule has 0 radical (unpaired) electrons. The van der Waals surface area contributed by atoms with Crippen LogP contribution in [-0.2, 0) is 107 Å². The summed E-state index contributed by atoms with van der Waals surface area (Å²) in [4.78, 5) is 133. The summed E-state index contributed by atoms with van der Waals surface area (Å²) in [5.41, 5.74) is 0.494. The Hall–Kier alpha value is -6.86. The van der Waals surface area contributed by atoms with E-state index < -0.39 is 147 Å². The number of esters is 8. The number of benzene rings is 2. The van der Waals surface area contributed by atoms with Gasteiger partial charge in [0.2, 0.25) is 6.10 Å². The van der Waals surface area contributed by atoms with E-state index in [1.165, 1.54) is 24.3 Å². The number of carbonyl (C=O) groups is 10. The van der Waals surface area contributed by atoms with Crippen molar-refractivity contribution in [2.24, 2.45) is 0 Å². The Balaban J connectivity index is 1.53. The highest BCUT2D eigenvalue weighted by atomic mass is 16.8. The van der Waals surface area contributed by atoms with Gasteiger partial charge in [0.15, 0.2) is 43.1 Å². The molecule has 2 aromatic carbocycles. The van der Waals surface area contributed by atoms with Crippen molar-refractivity contribution in [1.29, 1.82) is 0 Å². The van der Waals surface area contributed by atoms with Crippen LogP contribution in [0.4, 0.5) is 0 Å². The van der Waals surface area contributed by atoms with Gasteiger partial charge in [0.1, 0.15) is 38.1 Å². The number of amides is 2. The Bertz CT molecular complexity index is 2180. The lowest BCUT2D eigenvalue weighted by molar-refractivity contribution is -0.362. The summed E-state index contributed by atoms with van der Waals surface area (Å²) in [6.07, 6.45) is -19.7. The smallest absolute Gasteiger partial charge is 0.340 e. The van der Waals surface area contributed by atoms with Gasteiger partial charge in [0.25, 0.3) is 11.8 Å². The van der Waals surface area contributed by atoms with Crippen molar-refractivity contribution in [3.63, 3.8) is 0 Å². The predicted molar refractivity (Wildman–Crippen MR) is 217 cm³/mol. The number of hydroxylamine groups is 2. The van der Waals surface area contributed by atoms with Crippen LogP contribution in [0.3, 0.4) is 0 Å². The molecule has 2 aromatic rings. The molecule has 0 unspecified atom stereocenters. The highest BCUT2D eigenvalue weighted by Gasteiger charge is 2.58. The van der Waals surface area contributed by atoms with Gasteiger partial charge >= 0.3 is 47.8 Å². The van der Waals surface area contributed by atoms with Crippen molar-refractivity contribution < 1.29 is 110 Å². The normalized spacial score (nSPS) is 25.7. The largest absolute Gasteiger partial charge is 0.463 e. The van der Waals surface area contributed by atoms with E-state index in [0.29, 0.717) is 10.6 Å². The van der Waals surface area contributed by atoms with E-state index in [1.807, 2.05) is 0 Å². The van der Waals surface area contributed by atoms with Crippen LogP contribution >= 0.6 is 0 Å². The van der Waals surface area contributed by atoms with Crippen LogP contribution in [0.1, 0.15) is 74.7 Å². The van der Waals surface area contributed by atoms with Gasteiger partial charge in [0.05, 0.1) is 17.7 Å². The van der Waals surface area contributed by atoms with Crippen molar-refractivity contribution in [1.82, 2.24) is 5.06 Å². The first-order valence-electron chi connectivity index (χ1n) is 20.8. The van der Waals surface area contributed by atoms with Crippen LogP contribution in [0.15, 0.2) is 54.6 Å². The van der Waals surface area contributed by atoms with Crippen LogP contribution in [0.25, 0.3) is 0 Å². The molecule has 368 valence electrons. The Labute approximate surface area is 387 Å². The lowest BCUT2D eigenvalue weighted by Gasteiger charge is -2.48. The fourth-order valence-corrected chi connectivity index (χ4v) is 7.14. The van der Waals surface area contributed by atoms with E-state index in [4.69, 9.17) is 61.7 Å². The van der Waals surface area contributed by atoms with Gasteiger partial charge in [-0.15, -0.1) is 5.06 Å². The maximum atomic E-state index is 13.8. The Kier molecular flexibility index (Phi) is 18.2. The number of carbonyl (C=O) groups excluding carboxylic acids is 10. The van der Waals surface area contributed by atoms with Crippen LogP contribution in [-0.4, -0.2) is 152 Å². The van der Waals surface area contributed by atoms with E-state index in [-0.39, 0.29) is 17.7 Å². The van der Waals surface area contributed by atoms with Gasteiger partial charge in [0, 0.05) is 48.5 Å². The Morgan fingerprint density at radius 1 is 0.515 bits per heavy atom.